The molecule has 0 aliphatic rings. The van der Waals surface area contributed by atoms with Gasteiger partial charge in [-0.2, -0.15) is 0 Å². The molecule has 1 amide bonds. The maximum atomic E-state index is 12.2. The van der Waals surface area contributed by atoms with Crippen molar-refractivity contribution in [1.29, 1.82) is 0 Å². The number of nitrogen functional groups attached to an aromatic ring is 2. The molecule has 0 radical (unpaired) electrons. The molecule has 23 heavy (non-hydrogen) atoms. The van der Waals surface area contributed by atoms with E-state index in [2.05, 4.69) is 41.3 Å². The number of carbonyl (C=O) groups excluding carboxylic acids is 1. The number of halogens is 1. The Bertz CT molecular complexity index is 720. The number of aromatic nitrogens is 2. The van der Waals surface area contributed by atoms with Gasteiger partial charge in [0, 0.05) is 6.54 Å². The molecule has 0 saturated carbocycles. The molecule has 0 aliphatic carbocycles. The lowest BCUT2D eigenvalue weighted by Gasteiger charge is -2.14. The molecular formula is C16H20ClN5O. The van der Waals surface area contributed by atoms with E-state index < -0.39 is 5.91 Å². The van der Waals surface area contributed by atoms with Crippen molar-refractivity contribution in [1.82, 2.24) is 15.3 Å². The first kappa shape index (κ1) is 17.0. The van der Waals surface area contributed by atoms with Crippen LogP contribution in [0.4, 0.5) is 11.6 Å². The highest BCUT2D eigenvalue weighted by molar-refractivity contribution is 6.31. The summed E-state index contributed by atoms with van der Waals surface area (Å²) in [5, 5.41) is 2.77. The molecule has 1 heterocycles. The normalized spacial score (nSPS) is 12.0. The molecule has 1 aromatic heterocycles. The number of hydrogen-bond acceptors (Lipinski definition) is 5. The zero-order valence-corrected chi connectivity index (χ0v) is 13.9. The van der Waals surface area contributed by atoms with Gasteiger partial charge in [0.15, 0.2) is 22.5 Å². The molecule has 0 fully saturated rings. The van der Waals surface area contributed by atoms with Crippen LogP contribution in [0, 0.1) is 12.8 Å². The number of benzene rings is 1. The molecule has 0 saturated heterocycles. The van der Waals surface area contributed by atoms with Gasteiger partial charge < -0.3 is 16.8 Å². The Balaban J connectivity index is 1.96. The van der Waals surface area contributed by atoms with Crippen molar-refractivity contribution >= 4 is 29.1 Å². The molecule has 0 spiro atoms. The van der Waals surface area contributed by atoms with Crippen LogP contribution in [-0.4, -0.2) is 22.4 Å². The smallest absolute Gasteiger partial charge is 0.273 e. The van der Waals surface area contributed by atoms with E-state index in [1.54, 1.807) is 0 Å². The van der Waals surface area contributed by atoms with Crippen LogP contribution in [0.1, 0.15) is 28.5 Å². The summed E-state index contributed by atoms with van der Waals surface area (Å²) < 4.78 is 0. The van der Waals surface area contributed by atoms with E-state index in [1.807, 2.05) is 12.1 Å². The lowest BCUT2D eigenvalue weighted by molar-refractivity contribution is 0.0943. The number of nitrogens with two attached hydrogens (primary N) is 2. The molecule has 0 bridgehead atoms. The van der Waals surface area contributed by atoms with Crippen LogP contribution in [0.3, 0.4) is 0 Å². The maximum absolute atomic E-state index is 12.2. The Hall–Kier alpha value is -2.34. The van der Waals surface area contributed by atoms with Gasteiger partial charge in [-0.05, 0) is 30.4 Å². The zero-order chi connectivity index (χ0) is 17.0. The largest absolute Gasteiger partial charge is 0.382 e. The number of nitrogens with one attached hydrogen (secondary N) is 1. The minimum absolute atomic E-state index is 0.00714. The van der Waals surface area contributed by atoms with E-state index in [-0.39, 0.29) is 28.4 Å². The molecule has 1 aromatic carbocycles. The Morgan fingerprint density at radius 2 is 1.96 bits per heavy atom. The van der Waals surface area contributed by atoms with Gasteiger partial charge in [-0.1, -0.05) is 42.8 Å². The van der Waals surface area contributed by atoms with Crippen molar-refractivity contribution in [3.8, 4) is 0 Å². The van der Waals surface area contributed by atoms with Crippen molar-refractivity contribution in [3.05, 3.63) is 46.2 Å². The summed E-state index contributed by atoms with van der Waals surface area (Å²) >= 11 is 5.78. The third kappa shape index (κ3) is 4.32. The Labute approximate surface area is 140 Å². The molecule has 7 heteroatoms. The van der Waals surface area contributed by atoms with Crippen LogP contribution in [0.15, 0.2) is 24.3 Å². The molecule has 5 N–H and O–H groups in total. The summed E-state index contributed by atoms with van der Waals surface area (Å²) in [6, 6.07) is 8.20. The topological polar surface area (TPSA) is 107 Å². The summed E-state index contributed by atoms with van der Waals surface area (Å²) in [6.07, 6.45) is 0.872. The fourth-order valence-corrected chi connectivity index (χ4v) is 2.37. The van der Waals surface area contributed by atoms with E-state index >= 15 is 0 Å². The molecule has 122 valence electrons. The van der Waals surface area contributed by atoms with Crippen LogP contribution >= 0.6 is 11.6 Å². The minimum Gasteiger partial charge on any atom is -0.382 e. The number of amides is 1. The second kappa shape index (κ2) is 7.28. The van der Waals surface area contributed by atoms with Gasteiger partial charge in [0.25, 0.3) is 5.91 Å². The van der Waals surface area contributed by atoms with Gasteiger partial charge in [0.05, 0.1) is 0 Å². The average molecular weight is 334 g/mol. The van der Waals surface area contributed by atoms with Gasteiger partial charge in [-0.15, -0.1) is 0 Å². The highest BCUT2D eigenvalue weighted by Gasteiger charge is 2.16. The van der Waals surface area contributed by atoms with Crippen LogP contribution in [-0.2, 0) is 6.42 Å². The summed E-state index contributed by atoms with van der Waals surface area (Å²) in [5.41, 5.74) is 13.7. The predicted octanol–water partition coefficient (Wildman–Crippen LogP) is 2.21. The number of anilines is 2. The summed E-state index contributed by atoms with van der Waals surface area (Å²) in [6.45, 7) is 4.64. The predicted molar refractivity (Wildman–Crippen MR) is 92.2 cm³/mol. The standard InChI is InChI=1S/C16H20ClN5O/c1-9(7-11-6-4-3-5-10(11)2)8-20-16(23)12-14(18)22-15(19)13(17)21-12/h3-6,9H,7-8H2,1-2H3,(H,20,23)(H4,18,19,22). The molecule has 2 rings (SSSR count). The van der Waals surface area contributed by atoms with Crippen LogP contribution in [0.25, 0.3) is 0 Å². The molecule has 6 nitrogen and oxygen atoms in total. The van der Waals surface area contributed by atoms with E-state index in [0.717, 1.165) is 6.42 Å². The van der Waals surface area contributed by atoms with Gasteiger partial charge in [0.2, 0.25) is 0 Å². The second-order valence-electron chi connectivity index (χ2n) is 5.58. The maximum Gasteiger partial charge on any atom is 0.273 e. The van der Waals surface area contributed by atoms with Crippen molar-refractivity contribution in [2.24, 2.45) is 5.92 Å². The van der Waals surface area contributed by atoms with E-state index in [1.165, 1.54) is 11.1 Å². The summed E-state index contributed by atoms with van der Waals surface area (Å²) in [4.78, 5) is 19.8. The highest BCUT2D eigenvalue weighted by Crippen LogP contribution is 2.17. The van der Waals surface area contributed by atoms with Gasteiger partial charge in [0.1, 0.15) is 0 Å². The fourth-order valence-electron chi connectivity index (χ4n) is 2.25. The average Bonchev–Trinajstić information content (AvgIpc) is 2.51. The van der Waals surface area contributed by atoms with Crippen molar-refractivity contribution in [2.75, 3.05) is 18.0 Å². The molecule has 1 atom stereocenters. The second-order valence-corrected chi connectivity index (χ2v) is 5.94. The van der Waals surface area contributed by atoms with Crippen LogP contribution in [0.5, 0.6) is 0 Å². The third-order valence-electron chi connectivity index (χ3n) is 3.56. The third-order valence-corrected chi connectivity index (χ3v) is 3.84. The molecule has 0 aliphatic heterocycles. The quantitative estimate of drug-likeness (QED) is 0.777. The van der Waals surface area contributed by atoms with Gasteiger partial charge in [-0.25, -0.2) is 9.97 Å². The number of rotatable bonds is 5. The monoisotopic (exact) mass is 333 g/mol. The summed E-state index contributed by atoms with van der Waals surface area (Å²) in [5.74, 6) is -0.170. The van der Waals surface area contributed by atoms with Gasteiger partial charge >= 0.3 is 0 Å². The SMILES string of the molecule is Cc1ccccc1CC(C)CNC(=O)c1nc(Cl)c(N)nc1N. The lowest BCUT2D eigenvalue weighted by Crippen LogP contribution is -2.30. The van der Waals surface area contributed by atoms with Gasteiger partial charge in [-0.3, -0.25) is 4.79 Å². The lowest BCUT2D eigenvalue weighted by atomic mass is 9.97. The zero-order valence-electron chi connectivity index (χ0n) is 13.1. The minimum atomic E-state index is -0.409. The first-order valence-corrected chi connectivity index (χ1v) is 7.67. The van der Waals surface area contributed by atoms with E-state index in [4.69, 9.17) is 23.1 Å². The first-order chi connectivity index (χ1) is 10.9. The van der Waals surface area contributed by atoms with Crippen LogP contribution in [0.2, 0.25) is 5.15 Å². The fraction of sp³-hybridized carbons (Fsp3) is 0.312. The molecule has 2 aromatic rings. The number of nitrogens with zero attached hydrogens (tertiary/aromatic N) is 2. The van der Waals surface area contributed by atoms with Crippen LogP contribution < -0.4 is 16.8 Å². The highest BCUT2D eigenvalue weighted by atomic mass is 35.5. The summed E-state index contributed by atoms with van der Waals surface area (Å²) in [7, 11) is 0. The number of aryl methyl sites for hydroxylation is 1. The van der Waals surface area contributed by atoms with Crippen molar-refractivity contribution < 1.29 is 4.79 Å². The number of hydrogen-bond donors (Lipinski definition) is 3. The molecular weight excluding hydrogens is 314 g/mol. The molecule has 1 unspecified atom stereocenters. The van der Waals surface area contributed by atoms with Crippen molar-refractivity contribution in [3.63, 3.8) is 0 Å². The first-order valence-electron chi connectivity index (χ1n) is 7.29. The Morgan fingerprint density at radius 3 is 2.65 bits per heavy atom. The van der Waals surface area contributed by atoms with Crippen molar-refractivity contribution in [2.45, 2.75) is 20.3 Å². The van der Waals surface area contributed by atoms with E-state index in [0.29, 0.717) is 6.54 Å². The van der Waals surface area contributed by atoms with E-state index in [9.17, 15) is 4.79 Å². The Morgan fingerprint density at radius 1 is 1.26 bits per heavy atom. The number of carbonyl (C=O) groups is 1. The Kier molecular flexibility index (Phi) is 5.39.